The quantitative estimate of drug-likeness (QED) is 0.556. The van der Waals surface area contributed by atoms with Crippen LogP contribution in [0.2, 0.25) is 0 Å². The lowest BCUT2D eigenvalue weighted by Gasteiger charge is -2.03. The average molecular weight is 239 g/mol. The number of aromatic nitrogens is 1. The molecule has 0 unspecified atom stereocenters. The highest BCUT2D eigenvalue weighted by Crippen LogP contribution is 2.43. The van der Waals surface area contributed by atoms with Gasteiger partial charge in [-0.25, -0.2) is 0 Å². The Morgan fingerprint density at radius 1 is 0.941 bits per heavy atom. The SMILES string of the molecule is FC(F)(F)c1cccnc1.c1ccc2c(c1)O2. The van der Waals surface area contributed by atoms with Crippen LogP contribution >= 0.6 is 0 Å². The molecule has 0 bridgehead atoms. The van der Waals surface area contributed by atoms with Crippen LogP contribution in [0.4, 0.5) is 13.2 Å². The zero-order valence-electron chi connectivity index (χ0n) is 8.61. The molecule has 0 radical (unpaired) electrons. The van der Waals surface area contributed by atoms with Crippen molar-refractivity contribution < 1.29 is 17.9 Å². The van der Waals surface area contributed by atoms with E-state index in [-0.39, 0.29) is 0 Å². The van der Waals surface area contributed by atoms with Crippen molar-refractivity contribution in [3.8, 4) is 11.5 Å². The number of pyridine rings is 1. The number of hydrogen-bond donors (Lipinski definition) is 0. The molecule has 0 spiro atoms. The number of alkyl halides is 3. The molecule has 0 saturated heterocycles. The molecular weight excluding hydrogens is 231 g/mol. The van der Waals surface area contributed by atoms with E-state index in [1.165, 1.54) is 12.3 Å². The summed E-state index contributed by atoms with van der Waals surface area (Å²) >= 11 is 0. The summed E-state index contributed by atoms with van der Waals surface area (Å²) in [6.45, 7) is 0. The van der Waals surface area contributed by atoms with Gasteiger partial charge in [-0.3, -0.25) is 4.98 Å². The lowest BCUT2D eigenvalue weighted by molar-refractivity contribution is -0.137. The number of fused-ring (bicyclic) bond motifs is 1. The summed E-state index contributed by atoms with van der Waals surface area (Å²) in [6.07, 6.45) is -2.18. The second kappa shape index (κ2) is 4.45. The fourth-order valence-electron chi connectivity index (χ4n) is 1.14. The van der Waals surface area contributed by atoms with Gasteiger partial charge < -0.3 is 4.74 Å². The first-order valence-corrected chi connectivity index (χ1v) is 4.81. The number of halogens is 3. The molecule has 2 heterocycles. The van der Waals surface area contributed by atoms with Gasteiger partial charge in [-0.05, 0) is 24.3 Å². The summed E-state index contributed by atoms with van der Waals surface area (Å²) in [7, 11) is 0. The van der Waals surface area contributed by atoms with Gasteiger partial charge in [-0.2, -0.15) is 13.2 Å². The second-order valence-electron chi connectivity index (χ2n) is 3.29. The van der Waals surface area contributed by atoms with Gasteiger partial charge in [0.05, 0.1) is 5.56 Å². The number of benzene rings is 1. The van der Waals surface area contributed by atoms with Crippen molar-refractivity contribution in [2.45, 2.75) is 6.18 Å². The standard InChI is InChI=1S/C6H4F3N.C6H4O/c7-6(8,9)5-2-1-3-10-4-5;1-2-4-6-5(3-1)7-6/h1-4H;1-4H. The van der Waals surface area contributed by atoms with E-state index in [1.54, 1.807) is 0 Å². The topological polar surface area (TPSA) is 25.4 Å². The Bertz CT molecular complexity index is 476. The molecule has 88 valence electrons. The summed E-state index contributed by atoms with van der Waals surface area (Å²) in [6, 6.07) is 10.1. The first-order chi connectivity index (χ1) is 8.07. The third-order valence-electron chi connectivity index (χ3n) is 2.02. The molecule has 17 heavy (non-hydrogen) atoms. The van der Waals surface area contributed by atoms with E-state index >= 15 is 0 Å². The number of para-hydroxylation sites is 2. The molecule has 3 rings (SSSR count). The van der Waals surface area contributed by atoms with Crippen LogP contribution in [0.1, 0.15) is 5.56 Å². The summed E-state index contributed by atoms with van der Waals surface area (Å²) in [5.74, 6) is 2.06. The normalized spacial score (nSPS) is 11.7. The molecule has 0 fully saturated rings. The first kappa shape index (κ1) is 11.4. The Morgan fingerprint density at radius 3 is 1.94 bits per heavy atom. The molecule has 0 saturated carbocycles. The number of nitrogens with zero attached hydrogens (tertiary/aromatic N) is 1. The molecule has 1 aromatic heterocycles. The minimum Gasteiger partial charge on any atom is -0.450 e. The van der Waals surface area contributed by atoms with Crippen LogP contribution in [0.15, 0.2) is 48.8 Å². The predicted molar refractivity (Wildman–Crippen MR) is 55.8 cm³/mol. The average Bonchev–Trinajstić information content (AvgIpc) is 3.09. The Hall–Kier alpha value is -2.04. The van der Waals surface area contributed by atoms with Gasteiger partial charge in [0.25, 0.3) is 0 Å². The summed E-state index contributed by atoms with van der Waals surface area (Å²) in [5, 5.41) is 0. The summed E-state index contributed by atoms with van der Waals surface area (Å²) in [5.41, 5.74) is -0.713. The van der Waals surface area contributed by atoms with E-state index in [2.05, 4.69) is 4.98 Å². The van der Waals surface area contributed by atoms with Crippen LogP contribution in [0.3, 0.4) is 0 Å². The van der Waals surface area contributed by atoms with E-state index in [9.17, 15) is 13.2 Å². The van der Waals surface area contributed by atoms with Crippen molar-refractivity contribution in [3.05, 3.63) is 54.4 Å². The molecule has 0 aliphatic carbocycles. The van der Waals surface area contributed by atoms with Crippen molar-refractivity contribution in [2.75, 3.05) is 0 Å². The molecule has 2 aromatic rings. The zero-order chi connectivity index (χ0) is 12.3. The van der Waals surface area contributed by atoms with Crippen molar-refractivity contribution in [2.24, 2.45) is 0 Å². The lowest BCUT2D eigenvalue weighted by atomic mass is 10.3. The molecular formula is C12H8F3NO. The number of rotatable bonds is 0. The van der Waals surface area contributed by atoms with Gasteiger partial charge >= 0.3 is 6.18 Å². The number of ether oxygens (including phenoxy) is 1. The van der Waals surface area contributed by atoms with Crippen molar-refractivity contribution in [1.82, 2.24) is 4.98 Å². The van der Waals surface area contributed by atoms with Gasteiger partial charge in [0.1, 0.15) is 0 Å². The smallest absolute Gasteiger partial charge is 0.417 e. The van der Waals surface area contributed by atoms with Crippen LogP contribution in [0, 0.1) is 0 Å². The van der Waals surface area contributed by atoms with E-state index < -0.39 is 11.7 Å². The van der Waals surface area contributed by atoms with Crippen molar-refractivity contribution >= 4 is 0 Å². The molecule has 0 N–H and O–H groups in total. The fourth-order valence-corrected chi connectivity index (χ4v) is 1.14. The highest BCUT2D eigenvalue weighted by Gasteiger charge is 2.30. The summed E-state index contributed by atoms with van der Waals surface area (Å²) < 4.78 is 40.2. The third kappa shape index (κ3) is 3.21. The van der Waals surface area contributed by atoms with Crippen molar-refractivity contribution in [3.63, 3.8) is 0 Å². The van der Waals surface area contributed by atoms with Crippen LogP contribution in [0.25, 0.3) is 0 Å². The van der Waals surface area contributed by atoms with E-state index in [1.807, 2.05) is 24.3 Å². The first-order valence-electron chi connectivity index (χ1n) is 4.81. The van der Waals surface area contributed by atoms with E-state index in [0.29, 0.717) is 0 Å². The largest absolute Gasteiger partial charge is 0.450 e. The Kier molecular flexibility index (Phi) is 2.99. The predicted octanol–water partition coefficient (Wildman–Crippen LogP) is 3.89. The van der Waals surface area contributed by atoms with E-state index in [4.69, 9.17) is 4.74 Å². The maximum atomic E-state index is 11.7. The molecule has 2 nitrogen and oxygen atoms in total. The Labute approximate surface area is 95.7 Å². The van der Waals surface area contributed by atoms with E-state index in [0.717, 1.165) is 23.8 Å². The lowest BCUT2D eigenvalue weighted by Crippen LogP contribution is -2.04. The molecule has 1 aromatic carbocycles. The molecule has 0 amide bonds. The van der Waals surface area contributed by atoms with Crippen LogP contribution in [-0.4, -0.2) is 4.98 Å². The maximum absolute atomic E-state index is 11.7. The zero-order valence-corrected chi connectivity index (χ0v) is 8.61. The Morgan fingerprint density at radius 2 is 1.59 bits per heavy atom. The van der Waals surface area contributed by atoms with Crippen molar-refractivity contribution in [1.29, 1.82) is 0 Å². The van der Waals surface area contributed by atoms with Gasteiger partial charge in [0.2, 0.25) is 0 Å². The molecule has 0 atom stereocenters. The highest BCUT2D eigenvalue weighted by atomic mass is 19.4. The van der Waals surface area contributed by atoms with Crippen LogP contribution in [0.5, 0.6) is 11.5 Å². The molecule has 1 aliphatic rings. The number of hydrogen-bond acceptors (Lipinski definition) is 2. The van der Waals surface area contributed by atoms with Crippen LogP contribution in [-0.2, 0) is 6.18 Å². The second-order valence-corrected chi connectivity index (χ2v) is 3.29. The molecule has 1 aliphatic heterocycles. The van der Waals surface area contributed by atoms with Crippen LogP contribution < -0.4 is 4.74 Å². The third-order valence-corrected chi connectivity index (χ3v) is 2.02. The van der Waals surface area contributed by atoms with Gasteiger partial charge in [0.15, 0.2) is 11.5 Å². The summed E-state index contributed by atoms with van der Waals surface area (Å²) in [4.78, 5) is 3.33. The maximum Gasteiger partial charge on any atom is 0.417 e. The fraction of sp³-hybridized carbons (Fsp3) is 0.0833. The highest BCUT2D eigenvalue weighted by molar-refractivity contribution is 5.53. The van der Waals surface area contributed by atoms with Gasteiger partial charge in [-0.1, -0.05) is 12.1 Å². The monoisotopic (exact) mass is 239 g/mol. The minimum atomic E-state index is -4.27. The minimum absolute atomic E-state index is 0.713. The molecule has 5 heteroatoms. The van der Waals surface area contributed by atoms with Gasteiger partial charge in [0, 0.05) is 12.4 Å². The Balaban J connectivity index is 0.000000134. The van der Waals surface area contributed by atoms with Gasteiger partial charge in [-0.15, -0.1) is 0 Å².